The van der Waals surface area contributed by atoms with E-state index >= 15 is 0 Å². The second-order valence-corrected chi connectivity index (χ2v) is 7.27. The van der Waals surface area contributed by atoms with Crippen LogP contribution in [0.5, 0.6) is 11.5 Å². The number of nitrogens with zero attached hydrogens (tertiary/aromatic N) is 1. The molecule has 0 aromatic heterocycles. The van der Waals surface area contributed by atoms with Crippen LogP contribution < -0.4 is 20.2 Å². The highest BCUT2D eigenvalue weighted by Gasteiger charge is 2.14. The van der Waals surface area contributed by atoms with Gasteiger partial charge in [0.1, 0.15) is 0 Å². The van der Waals surface area contributed by atoms with Crippen molar-refractivity contribution in [1.82, 2.24) is 5.43 Å². The van der Waals surface area contributed by atoms with E-state index in [1.807, 2.05) is 13.0 Å². The van der Waals surface area contributed by atoms with Crippen molar-refractivity contribution in [3.05, 3.63) is 88.4 Å². The molecule has 3 aromatic carbocycles. The summed E-state index contributed by atoms with van der Waals surface area (Å²) in [7, 11) is 1.43. The quantitative estimate of drug-likeness (QED) is 0.188. The minimum Gasteiger partial charge on any atom is -0.493 e. The third kappa shape index (κ3) is 6.65. The van der Waals surface area contributed by atoms with Crippen molar-refractivity contribution in [3.8, 4) is 11.5 Å². The van der Waals surface area contributed by atoms with Gasteiger partial charge in [0.15, 0.2) is 11.5 Å². The molecule has 33 heavy (non-hydrogen) atoms. The first-order valence-corrected chi connectivity index (χ1v) is 10.1. The van der Waals surface area contributed by atoms with Crippen molar-refractivity contribution in [2.45, 2.75) is 6.92 Å². The average Bonchev–Trinajstić information content (AvgIpc) is 2.81. The first kappa shape index (κ1) is 23.5. The number of hydrogen-bond acceptors (Lipinski definition) is 6. The fraction of sp³-hybridized carbons (Fsp3) is 0.0833. The van der Waals surface area contributed by atoms with Crippen LogP contribution in [0.25, 0.3) is 0 Å². The molecule has 9 heteroatoms. The molecule has 8 nitrogen and oxygen atoms in total. The van der Waals surface area contributed by atoms with Crippen LogP contribution in [0, 0.1) is 6.92 Å². The summed E-state index contributed by atoms with van der Waals surface area (Å²) >= 11 is 5.78. The number of methoxy groups -OCH3 is 1. The molecule has 168 valence electrons. The second kappa shape index (κ2) is 10.9. The predicted molar refractivity (Wildman–Crippen MR) is 125 cm³/mol. The monoisotopic (exact) mass is 465 g/mol. The van der Waals surface area contributed by atoms with E-state index in [-0.39, 0.29) is 5.75 Å². The van der Waals surface area contributed by atoms with Crippen molar-refractivity contribution < 1.29 is 23.9 Å². The molecule has 2 amide bonds. The number of nitrogens with one attached hydrogen (secondary N) is 2. The number of anilines is 1. The fourth-order valence-electron chi connectivity index (χ4n) is 2.72. The van der Waals surface area contributed by atoms with Crippen LogP contribution in [0.3, 0.4) is 0 Å². The zero-order chi connectivity index (χ0) is 23.8. The Morgan fingerprint density at radius 2 is 1.70 bits per heavy atom. The Labute approximate surface area is 195 Å². The number of rotatable bonds is 6. The number of carbonyl (C=O) groups is 3. The molecule has 3 aromatic rings. The largest absolute Gasteiger partial charge is 0.493 e. The van der Waals surface area contributed by atoms with Gasteiger partial charge in [0.05, 0.1) is 18.9 Å². The summed E-state index contributed by atoms with van der Waals surface area (Å²) < 4.78 is 10.7. The van der Waals surface area contributed by atoms with Crippen molar-refractivity contribution in [2.24, 2.45) is 5.10 Å². The van der Waals surface area contributed by atoms with E-state index in [9.17, 15) is 14.4 Å². The molecule has 0 atom stereocenters. The van der Waals surface area contributed by atoms with Gasteiger partial charge in [-0.15, -0.1) is 0 Å². The lowest BCUT2D eigenvalue weighted by atomic mass is 10.1. The van der Waals surface area contributed by atoms with Gasteiger partial charge in [-0.2, -0.15) is 5.10 Å². The van der Waals surface area contributed by atoms with Crippen LogP contribution >= 0.6 is 11.6 Å². The summed E-state index contributed by atoms with van der Waals surface area (Å²) in [6, 6.07) is 18.1. The predicted octanol–water partition coefficient (Wildman–Crippen LogP) is 3.97. The highest BCUT2D eigenvalue weighted by molar-refractivity contribution is 6.39. The Morgan fingerprint density at radius 3 is 2.39 bits per heavy atom. The van der Waals surface area contributed by atoms with Gasteiger partial charge in [-0.3, -0.25) is 9.59 Å². The van der Waals surface area contributed by atoms with Crippen molar-refractivity contribution in [1.29, 1.82) is 0 Å². The smallest absolute Gasteiger partial charge is 0.343 e. The molecule has 0 aliphatic rings. The standard InChI is InChI=1S/C24H20ClN3O5/c1-15-4-3-5-17(12-15)24(31)33-20-11-6-16(13-21(20)32-2)14-26-28-23(30)22(29)27-19-9-7-18(25)8-10-19/h3-14H,1-2H3,(H,27,29)(H,28,30)/b26-14+. The molecule has 0 heterocycles. The van der Waals surface area contributed by atoms with E-state index in [0.29, 0.717) is 27.6 Å². The molecule has 2 N–H and O–H groups in total. The summed E-state index contributed by atoms with van der Waals surface area (Å²) in [5.41, 5.74) is 4.46. The van der Waals surface area contributed by atoms with Gasteiger partial charge in [-0.05, 0) is 67.1 Å². The minimum absolute atomic E-state index is 0.229. The van der Waals surface area contributed by atoms with Crippen LogP contribution in [0.2, 0.25) is 5.02 Å². The molecule has 0 unspecified atom stereocenters. The number of halogens is 1. The van der Waals surface area contributed by atoms with Crippen LogP contribution in [0.1, 0.15) is 21.5 Å². The Hall–Kier alpha value is -4.17. The number of ether oxygens (including phenoxy) is 2. The van der Waals surface area contributed by atoms with Gasteiger partial charge in [-0.1, -0.05) is 29.3 Å². The number of hydrazone groups is 1. The maximum atomic E-state index is 12.4. The van der Waals surface area contributed by atoms with Gasteiger partial charge >= 0.3 is 17.8 Å². The third-order valence-corrected chi connectivity index (χ3v) is 4.58. The van der Waals surface area contributed by atoms with E-state index in [4.69, 9.17) is 21.1 Å². The molecule has 0 bridgehead atoms. The molecule has 3 rings (SSSR count). The number of amides is 2. The summed E-state index contributed by atoms with van der Waals surface area (Å²) in [5, 5.41) is 6.71. The lowest BCUT2D eigenvalue weighted by Gasteiger charge is -2.10. The average molecular weight is 466 g/mol. The summed E-state index contributed by atoms with van der Waals surface area (Å²) in [4.78, 5) is 36.2. The highest BCUT2D eigenvalue weighted by Crippen LogP contribution is 2.28. The molecular formula is C24H20ClN3O5. The first-order chi connectivity index (χ1) is 15.9. The van der Waals surface area contributed by atoms with E-state index < -0.39 is 17.8 Å². The maximum absolute atomic E-state index is 12.4. The molecule has 0 fully saturated rings. The zero-order valence-electron chi connectivity index (χ0n) is 17.8. The first-order valence-electron chi connectivity index (χ1n) is 9.72. The molecule has 0 spiro atoms. The van der Waals surface area contributed by atoms with Gasteiger partial charge in [0.2, 0.25) is 0 Å². The maximum Gasteiger partial charge on any atom is 0.343 e. The minimum atomic E-state index is -0.947. The summed E-state index contributed by atoms with van der Waals surface area (Å²) in [5.74, 6) is -1.82. The van der Waals surface area contributed by atoms with Gasteiger partial charge in [0, 0.05) is 10.7 Å². The van der Waals surface area contributed by atoms with Crippen molar-refractivity contribution in [2.75, 3.05) is 12.4 Å². The Morgan fingerprint density at radius 1 is 0.939 bits per heavy atom. The van der Waals surface area contributed by atoms with Crippen LogP contribution in [0.15, 0.2) is 71.8 Å². The van der Waals surface area contributed by atoms with E-state index in [2.05, 4.69) is 15.8 Å². The van der Waals surface area contributed by atoms with Gasteiger partial charge < -0.3 is 14.8 Å². The van der Waals surface area contributed by atoms with E-state index in [1.54, 1.807) is 60.7 Å². The Bertz CT molecular complexity index is 1210. The number of hydrogen-bond donors (Lipinski definition) is 2. The van der Waals surface area contributed by atoms with Crippen LogP contribution in [0.4, 0.5) is 5.69 Å². The summed E-state index contributed by atoms with van der Waals surface area (Å²) in [6.45, 7) is 1.88. The highest BCUT2D eigenvalue weighted by atomic mass is 35.5. The zero-order valence-corrected chi connectivity index (χ0v) is 18.6. The number of aryl methyl sites for hydroxylation is 1. The van der Waals surface area contributed by atoms with Gasteiger partial charge in [0.25, 0.3) is 0 Å². The third-order valence-electron chi connectivity index (χ3n) is 4.33. The second-order valence-electron chi connectivity index (χ2n) is 6.83. The number of carbonyl (C=O) groups excluding carboxylic acids is 3. The molecule has 0 aliphatic heterocycles. The van der Waals surface area contributed by atoms with E-state index in [0.717, 1.165) is 5.56 Å². The van der Waals surface area contributed by atoms with Gasteiger partial charge in [-0.25, -0.2) is 10.2 Å². The van der Waals surface area contributed by atoms with E-state index in [1.165, 1.54) is 13.3 Å². The molecule has 0 aliphatic carbocycles. The number of esters is 1. The lowest BCUT2D eigenvalue weighted by molar-refractivity contribution is -0.136. The summed E-state index contributed by atoms with van der Waals surface area (Å²) in [6.07, 6.45) is 1.32. The van der Waals surface area contributed by atoms with Crippen molar-refractivity contribution >= 4 is 41.3 Å². The normalized spacial score (nSPS) is 10.5. The lowest BCUT2D eigenvalue weighted by Crippen LogP contribution is -2.32. The van der Waals surface area contributed by atoms with Crippen molar-refractivity contribution in [3.63, 3.8) is 0 Å². The SMILES string of the molecule is COc1cc(/C=N/NC(=O)C(=O)Nc2ccc(Cl)cc2)ccc1OC(=O)c1cccc(C)c1. The molecular weight excluding hydrogens is 446 g/mol. The molecule has 0 radical (unpaired) electrons. The number of benzene rings is 3. The Balaban J connectivity index is 1.60. The molecule has 0 saturated carbocycles. The topological polar surface area (TPSA) is 106 Å². The Kier molecular flexibility index (Phi) is 7.77. The fourth-order valence-corrected chi connectivity index (χ4v) is 2.84. The van der Waals surface area contributed by atoms with Crippen LogP contribution in [-0.2, 0) is 9.59 Å². The van der Waals surface area contributed by atoms with Crippen LogP contribution in [-0.4, -0.2) is 31.1 Å². The molecule has 0 saturated heterocycles.